The lowest BCUT2D eigenvalue weighted by Gasteiger charge is -2.12. The Labute approximate surface area is 98.3 Å². The molecule has 1 aliphatic rings. The molecular weight excluding hydrogens is 220 g/mol. The minimum absolute atomic E-state index is 0.00266. The highest BCUT2D eigenvalue weighted by Gasteiger charge is 2.13. The van der Waals surface area contributed by atoms with Crippen LogP contribution in [0.5, 0.6) is 0 Å². The molecule has 1 aromatic rings. The number of aliphatic hydroxyl groups excluding tert-OH is 1. The second-order valence-corrected chi connectivity index (χ2v) is 3.75. The molecule has 0 aliphatic carbocycles. The molecule has 0 saturated heterocycles. The third kappa shape index (κ3) is 2.39. The van der Waals surface area contributed by atoms with Gasteiger partial charge in [0.05, 0.1) is 11.5 Å². The molecule has 0 radical (unpaired) electrons. The van der Waals surface area contributed by atoms with Crippen LogP contribution in [0.3, 0.4) is 0 Å². The Morgan fingerprint density at radius 3 is 2.88 bits per heavy atom. The normalized spacial score (nSPS) is 14.5. The molecule has 1 aliphatic heterocycles. The van der Waals surface area contributed by atoms with Gasteiger partial charge in [0.15, 0.2) is 0 Å². The van der Waals surface area contributed by atoms with Crippen LogP contribution in [0.1, 0.15) is 17.5 Å². The minimum atomic E-state index is -0.459. The largest absolute Gasteiger partial charge is 0.392 e. The first-order valence-corrected chi connectivity index (χ1v) is 5.30. The number of aliphatic imine (C=N–C) groups is 1. The fraction of sp³-hybridized carbons (Fsp3) is 0.250. The zero-order valence-electron chi connectivity index (χ0n) is 9.17. The molecule has 0 atom stereocenters. The lowest BCUT2D eigenvalue weighted by Crippen LogP contribution is -2.00. The Morgan fingerprint density at radius 2 is 2.29 bits per heavy atom. The van der Waals surface area contributed by atoms with Gasteiger partial charge < -0.3 is 5.11 Å². The summed E-state index contributed by atoms with van der Waals surface area (Å²) < 4.78 is 0. The molecule has 0 fully saturated rings. The molecule has 0 unspecified atom stereocenters. The van der Waals surface area contributed by atoms with Crippen LogP contribution in [0.4, 0.5) is 5.69 Å². The summed E-state index contributed by atoms with van der Waals surface area (Å²) in [5, 5.41) is 19.9. The summed E-state index contributed by atoms with van der Waals surface area (Å²) in [7, 11) is 0. The topological polar surface area (TPSA) is 75.7 Å². The molecule has 2 rings (SSSR count). The van der Waals surface area contributed by atoms with Crippen LogP contribution in [0.15, 0.2) is 29.3 Å². The van der Waals surface area contributed by atoms with Gasteiger partial charge in [0.1, 0.15) is 0 Å². The van der Waals surface area contributed by atoms with E-state index in [9.17, 15) is 15.2 Å². The van der Waals surface area contributed by atoms with E-state index < -0.39 is 4.92 Å². The average molecular weight is 232 g/mol. The summed E-state index contributed by atoms with van der Waals surface area (Å²) in [4.78, 5) is 14.3. The predicted molar refractivity (Wildman–Crippen MR) is 65.0 cm³/mol. The highest BCUT2D eigenvalue weighted by Crippen LogP contribution is 2.27. The van der Waals surface area contributed by atoms with Crippen LogP contribution in [0.2, 0.25) is 0 Å². The number of non-ortho nitro benzene ring substituents is 1. The van der Waals surface area contributed by atoms with E-state index in [1.807, 2.05) is 6.08 Å². The molecule has 5 heteroatoms. The lowest BCUT2D eigenvalue weighted by atomic mass is 9.96. The van der Waals surface area contributed by atoms with Crippen LogP contribution in [-0.2, 0) is 6.61 Å². The summed E-state index contributed by atoms with van der Waals surface area (Å²) in [6, 6.07) is 4.57. The fourth-order valence-corrected chi connectivity index (χ4v) is 1.85. The molecular formula is C12H12N2O3. The standard InChI is InChI=1S/C12H12N2O3/c15-8-10-7-11(14(16)17)1-2-12(10)9-3-5-13-6-4-9/h1-3,5,7,15H,4,6,8H2. The van der Waals surface area contributed by atoms with Crippen molar-refractivity contribution in [1.82, 2.24) is 0 Å². The number of nitro groups is 1. The van der Waals surface area contributed by atoms with Crippen molar-refractivity contribution in [3.63, 3.8) is 0 Å². The zero-order chi connectivity index (χ0) is 12.3. The minimum Gasteiger partial charge on any atom is -0.392 e. The summed E-state index contributed by atoms with van der Waals surface area (Å²) >= 11 is 0. The lowest BCUT2D eigenvalue weighted by molar-refractivity contribution is -0.384. The van der Waals surface area contributed by atoms with E-state index in [1.54, 1.807) is 12.3 Å². The third-order valence-corrected chi connectivity index (χ3v) is 2.71. The van der Waals surface area contributed by atoms with Gasteiger partial charge in [-0.1, -0.05) is 0 Å². The Hall–Kier alpha value is -2.01. The molecule has 0 bridgehead atoms. The van der Waals surface area contributed by atoms with E-state index in [-0.39, 0.29) is 12.3 Å². The fourth-order valence-electron chi connectivity index (χ4n) is 1.85. The second-order valence-electron chi connectivity index (χ2n) is 3.75. The Morgan fingerprint density at radius 1 is 1.47 bits per heavy atom. The van der Waals surface area contributed by atoms with Crippen molar-refractivity contribution < 1.29 is 10.0 Å². The van der Waals surface area contributed by atoms with Crippen molar-refractivity contribution in [1.29, 1.82) is 0 Å². The molecule has 0 saturated carbocycles. The van der Waals surface area contributed by atoms with Gasteiger partial charge in [-0.25, -0.2) is 0 Å². The van der Waals surface area contributed by atoms with Gasteiger partial charge in [-0.3, -0.25) is 15.1 Å². The van der Waals surface area contributed by atoms with Gasteiger partial charge in [0, 0.05) is 24.9 Å². The molecule has 0 amide bonds. The Bertz CT molecular complexity index is 506. The SMILES string of the molecule is O=[N+]([O-])c1ccc(C2=CC=NCC2)c(CO)c1. The molecule has 5 nitrogen and oxygen atoms in total. The van der Waals surface area contributed by atoms with E-state index in [4.69, 9.17) is 0 Å². The number of nitro benzene ring substituents is 1. The van der Waals surface area contributed by atoms with Gasteiger partial charge in [-0.2, -0.15) is 0 Å². The number of hydrogen-bond acceptors (Lipinski definition) is 4. The van der Waals surface area contributed by atoms with Crippen LogP contribution < -0.4 is 0 Å². The summed E-state index contributed by atoms with van der Waals surface area (Å²) in [5.74, 6) is 0. The summed E-state index contributed by atoms with van der Waals surface area (Å²) in [6.45, 7) is 0.513. The highest BCUT2D eigenvalue weighted by atomic mass is 16.6. The third-order valence-electron chi connectivity index (χ3n) is 2.71. The number of hydrogen-bond donors (Lipinski definition) is 1. The molecule has 0 spiro atoms. The van der Waals surface area contributed by atoms with Gasteiger partial charge >= 0.3 is 0 Å². The number of dihydropyridines is 1. The second kappa shape index (κ2) is 4.88. The first-order valence-electron chi connectivity index (χ1n) is 5.30. The van der Waals surface area contributed by atoms with E-state index in [1.165, 1.54) is 12.1 Å². The van der Waals surface area contributed by atoms with Gasteiger partial charge in [0.25, 0.3) is 5.69 Å². The van der Waals surface area contributed by atoms with Gasteiger partial charge in [0.2, 0.25) is 0 Å². The Kier molecular flexibility index (Phi) is 3.30. The van der Waals surface area contributed by atoms with Crippen LogP contribution in [0.25, 0.3) is 5.57 Å². The van der Waals surface area contributed by atoms with Crippen molar-refractivity contribution in [3.05, 3.63) is 45.5 Å². The maximum Gasteiger partial charge on any atom is 0.269 e. The van der Waals surface area contributed by atoms with Gasteiger partial charge in [-0.15, -0.1) is 0 Å². The average Bonchev–Trinajstić information content (AvgIpc) is 2.39. The predicted octanol–water partition coefficient (Wildman–Crippen LogP) is 1.95. The maximum absolute atomic E-state index is 10.6. The monoisotopic (exact) mass is 232 g/mol. The number of nitrogens with zero attached hydrogens (tertiary/aromatic N) is 2. The summed E-state index contributed by atoms with van der Waals surface area (Å²) in [6.07, 6.45) is 4.40. The molecule has 17 heavy (non-hydrogen) atoms. The van der Waals surface area contributed by atoms with Crippen LogP contribution in [0, 0.1) is 10.1 Å². The van der Waals surface area contributed by atoms with Crippen molar-refractivity contribution in [3.8, 4) is 0 Å². The zero-order valence-corrected chi connectivity index (χ0v) is 9.17. The quantitative estimate of drug-likeness (QED) is 0.639. The first kappa shape index (κ1) is 11.5. The molecule has 88 valence electrons. The number of rotatable bonds is 3. The van der Waals surface area contributed by atoms with Crippen molar-refractivity contribution in [2.24, 2.45) is 4.99 Å². The molecule has 1 heterocycles. The highest BCUT2D eigenvalue weighted by molar-refractivity contribution is 5.87. The summed E-state index contributed by atoms with van der Waals surface area (Å²) in [5.41, 5.74) is 2.51. The van der Waals surface area contributed by atoms with Gasteiger partial charge in [-0.05, 0) is 35.3 Å². The van der Waals surface area contributed by atoms with Crippen LogP contribution >= 0.6 is 0 Å². The van der Waals surface area contributed by atoms with Crippen molar-refractivity contribution in [2.45, 2.75) is 13.0 Å². The number of benzene rings is 1. The van der Waals surface area contributed by atoms with E-state index in [0.717, 1.165) is 17.6 Å². The number of allylic oxidation sites excluding steroid dienone is 1. The molecule has 1 N–H and O–H groups in total. The van der Waals surface area contributed by atoms with Crippen molar-refractivity contribution >= 4 is 17.5 Å². The first-order chi connectivity index (χ1) is 8.22. The smallest absolute Gasteiger partial charge is 0.269 e. The molecule has 1 aromatic carbocycles. The van der Waals surface area contributed by atoms with E-state index in [2.05, 4.69) is 4.99 Å². The maximum atomic E-state index is 10.6. The van der Waals surface area contributed by atoms with Crippen molar-refractivity contribution in [2.75, 3.05) is 6.54 Å². The number of aliphatic hydroxyl groups is 1. The van der Waals surface area contributed by atoms with Crippen LogP contribution in [-0.4, -0.2) is 22.8 Å². The Balaban J connectivity index is 2.44. The van der Waals surface area contributed by atoms with E-state index in [0.29, 0.717) is 12.1 Å². The van der Waals surface area contributed by atoms with E-state index >= 15 is 0 Å². The molecule has 0 aromatic heterocycles.